The van der Waals surface area contributed by atoms with E-state index in [9.17, 15) is 10.1 Å². The Labute approximate surface area is 108 Å². The van der Waals surface area contributed by atoms with Crippen LogP contribution in [0.3, 0.4) is 0 Å². The number of nitriles is 1. The van der Waals surface area contributed by atoms with Crippen LogP contribution in [-0.4, -0.2) is 59.9 Å². The molecule has 96 valence electrons. The molecule has 1 saturated heterocycles. The number of carbonyl (C=O) groups is 1. The van der Waals surface area contributed by atoms with Crippen molar-refractivity contribution >= 4 is 17.7 Å². The first-order valence-electron chi connectivity index (χ1n) is 5.87. The zero-order valence-electron chi connectivity index (χ0n) is 11.1. The van der Waals surface area contributed by atoms with E-state index in [-0.39, 0.29) is 16.7 Å². The molecule has 1 rings (SSSR count). The van der Waals surface area contributed by atoms with E-state index in [0.717, 1.165) is 25.9 Å². The SMILES string of the molecule is CSC1(C#N)CCN(C(C)C(=O)N(C)C)CC1. The smallest absolute Gasteiger partial charge is 0.239 e. The lowest BCUT2D eigenvalue weighted by Gasteiger charge is -2.39. The Morgan fingerprint density at radius 2 is 2.00 bits per heavy atom. The van der Waals surface area contributed by atoms with Gasteiger partial charge in [-0.3, -0.25) is 9.69 Å². The summed E-state index contributed by atoms with van der Waals surface area (Å²) in [7, 11) is 3.56. The minimum Gasteiger partial charge on any atom is -0.347 e. The Morgan fingerprint density at radius 1 is 1.47 bits per heavy atom. The number of hydrogen-bond acceptors (Lipinski definition) is 4. The van der Waals surface area contributed by atoms with Gasteiger partial charge in [-0.2, -0.15) is 5.26 Å². The van der Waals surface area contributed by atoms with Crippen molar-refractivity contribution in [1.29, 1.82) is 5.26 Å². The van der Waals surface area contributed by atoms with Crippen LogP contribution in [0.4, 0.5) is 0 Å². The molecule has 0 bridgehead atoms. The van der Waals surface area contributed by atoms with Crippen molar-refractivity contribution in [3.63, 3.8) is 0 Å². The number of amides is 1. The van der Waals surface area contributed by atoms with E-state index in [1.165, 1.54) is 0 Å². The summed E-state index contributed by atoms with van der Waals surface area (Å²) in [6.07, 6.45) is 3.68. The van der Waals surface area contributed by atoms with Crippen LogP contribution in [0.1, 0.15) is 19.8 Å². The second-order valence-corrected chi connectivity index (χ2v) is 5.94. The van der Waals surface area contributed by atoms with Crippen molar-refractivity contribution < 1.29 is 4.79 Å². The molecule has 0 aromatic rings. The molecule has 1 amide bonds. The van der Waals surface area contributed by atoms with Crippen LogP contribution in [0.2, 0.25) is 0 Å². The molecule has 1 atom stereocenters. The van der Waals surface area contributed by atoms with E-state index in [4.69, 9.17) is 0 Å². The number of likely N-dealkylation sites (N-methyl/N-ethyl adjacent to an activating group) is 1. The van der Waals surface area contributed by atoms with Gasteiger partial charge in [0.2, 0.25) is 5.91 Å². The quantitative estimate of drug-likeness (QED) is 0.760. The van der Waals surface area contributed by atoms with Gasteiger partial charge in [-0.05, 0) is 26.0 Å². The largest absolute Gasteiger partial charge is 0.347 e. The van der Waals surface area contributed by atoms with Gasteiger partial charge in [0.1, 0.15) is 4.75 Å². The number of carbonyl (C=O) groups excluding carboxylic acids is 1. The van der Waals surface area contributed by atoms with Crippen molar-refractivity contribution in [3.05, 3.63) is 0 Å². The lowest BCUT2D eigenvalue weighted by molar-refractivity contribution is -0.134. The fourth-order valence-corrected chi connectivity index (χ4v) is 2.85. The number of hydrogen-bond donors (Lipinski definition) is 0. The molecule has 1 aliphatic heterocycles. The maximum Gasteiger partial charge on any atom is 0.239 e. The molecule has 4 nitrogen and oxygen atoms in total. The minimum atomic E-state index is -0.239. The average molecular weight is 255 g/mol. The molecular weight excluding hydrogens is 234 g/mol. The summed E-state index contributed by atoms with van der Waals surface area (Å²) in [4.78, 5) is 15.7. The Kier molecular flexibility index (Phi) is 4.84. The highest BCUT2D eigenvalue weighted by molar-refractivity contribution is 8.00. The third-order valence-corrected chi connectivity index (χ3v) is 4.83. The molecule has 1 fully saturated rings. The summed E-state index contributed by atoms with van der Waals surface area (Å²) in [6, 6.07) is 2.34. The van der Waals surface area contributed by atoms with E-state index in [1.807, 2.05) is 13.2 Å². The van der Waals surface area contributed by atoms with Gasteiger partial charge in [0.05, 0.1) is 12.1 Å². The summed E-state index contributed by atoms with van der Waals surface area (Å²) < 4.78 is -0.239. The van der Waals surface area contributed by atoms with Crippen LogP contribution < -0.4 is 0 Å². The Hall–Kier alpha value is -0.730. The highest BCUT2D eigenvalue weighted by atomic mass is 32.2. The number of piperidine rings is 1. The molecule has 1 aliphatic rings. The van der Waals surface area contributed by atoms with Crippen molar-refractivity contribution in [1.82, 2.24) is 9.80 Å². The zero-order chi connectivity index (χ0) is 13.1. The van der Waals surface area contributed by atoms with Crippen LogP contribution >= 0.6 is 11.8 Å². The molecule has 0 radical (unpaired) electrons. The normalized spacial score (nSPS) is 21.6. The van der Waals surface area contributed by atoms with Gasteiger partial charge in [-0.15, -0.1) is 11.8 Å². The summed E-state index contributed by atoms with van der Waals surface area (Å²) in [6.45, 7) is 3.60. The molecule has 1 unspecified atom stereocenters. The minimum absolute atomic E-state index is 0.0800. The van der Waals surface area contributed by atoms with Crippen LogP contribution in [0.15, 0.2) is 0 Å². The molecule has 0 aliphatic carbocycles. The van der Waals surface area contributed by atoms with Crippen LogP contribution in [-0.2, 0) is 4.79 Å². The maximum absolute atomic E-state index is 11.9. The molecule has 0 aromatic heterocycles. The van der Waals surface area contributed by atoms with E-state index < -0.39 is 0 Å². The van der Waals surface area contributed by atoms with Gasteiger partial charge in [0.15, 0.2) is 0 Å². The molecule has 0 saturated carbocycles. The summed E-state index contributed by atoms with van der Waals surface area (Å²) >= 11 is 1.64. The standard InChI is InChI=1S/C12H21N3OS/c1-10(11(16)14(2)3)15-7-5-12(9-13,17-4)6-8-15/h10H,5-8H2,1-4H3. The third kappa shape index (κ3) is 3.14. The lowest BCUT2D eigenvalue weighted by Crippen LogP contribution is -2.50. The first-order valence-corrected chi connectivity index (χ1v) is 7.10. The fourth-order valence-electron chi connectivity index (χ4n) is 2.16. The van der Waals surface area contributed by atoms with Gasteiger partial charge in [0.25, 0.3) is 0 Å². The Bertz CT molecular complexity index is 316. The van der Waals surface area contributed by atoms with Crippen molar-refractivity contribution in [3.8, 4) is 6.07 Å². The maximum atomic E-state index is 11.9. The van der Waals surface area contributed by atoms with E-state index in [2.05, 4.69) is 11.0 Å². The highest BCUT2D eigenvalue weighted by Gasteiger charge is 2.36. The van der Waals surface area contributed by atoms with Crippen LogP contribution in [0.5, 0.6) is 0 Å². The van der Waals surface area contributed by atoms with E-state index in [1.54, 1.807) is 30.8 Å². The van der Waals surface area contributed by atoms with Gasteiger partial charge in [-0.1, -0.05) is 0 Å². The molecular formula is C12H21N3OS. The highest BCUT2D eigenvalue weighted by Crippen LogP contribution is 2.34. The number of nitrogens with zero attached hydrogens (tertiary/aromatic N) is 3. The second kappa shape index (κ2) is 5.74. The number of thioether (sulfide) groups is 1. The average Bonchev–Trinajstić information content (AvgIpc) is 2.37. The van der Waals surface area contributed by atoms with Crippen molar-refractivity contribution in [2.75, 3.05) is 33.4 Å². The first kappa shape index (κ1) is 14.3. The number of likely N-dealkylation sites (tertiary alicyclic amines) is 1. The fraction of sp³-hybridized carbons (Fsp3) is 0.833. The molecule has 1 heterocycles. The van der Waals surface area contributed by atoms with Crippen LogP contribution in [0.25, 0.3) is 0 Å². The van der Waals surface area contributed by atoms with Crippen molar-refractivity contribution in [2.45, 2.75) is 30.6 Å². The number of rotatable bonds is 3. The van der Waals surface area contributed by atoms with Gasteiger partial charge < -0.3 is 4.90 Å². The van der Waals surface area contributed by atoms with Crippen LogP contribution in [0, 0.1) is 11.3 Å². The van der Waals surface area contributed by atoms with E-state index in [0.29, 0.717) is 0 Å². The predicted octanol–water partition coefficient (Wildman–Crippen LogP) is 1.18. The van der Waals surface area contributed by atoms with Gasteiger partial charge >= 0.3 is 0 Å². The van der Waals surface area contributed by atoms with Crippen molar-refractivity contribution in [2.24, 2.45) is 0 Å². The molecule has 5 heteroatoms. The molecule has 0 aromatic carbocycles. The summed E-state index contributed by atoms with van der Waals surface area (Å²) in [5.74, 6) is 0.138. The molecule has 0 N–H and O–H groups in total. The van der Waals surface area contributed by atoms with Gasteiger partial charge in [0, 0.05) is 27.2 Å². The predicted molar refractivity (Wildman–Crippen MR) is 70.8 cm³/mol. The lowest BCUT2D eigenvalue weighted by atomic mass is 9.96. The molecule has 17 heavy (non-hydrogen) atoms. The third-order valence-electron chi connectivity index (χ3n) is 3.55. The second-order valence-electron chi connectivity index (χ2n) is 4.75. The Balaban J connectivity index is 2.58. The monoisotopic (exact) mass is 255 g/mol. The Morgan fingerprint density at radius 3 is 2.35 bits per heavy atom. The zero-order valence-corrected chi connectivity index (χ0v) is 11.9. The first-order chi connectivity index (χ1) is 7.95. The molecule has 0 spiro atoms. The van der Waals surface area contributed by atoms with E-state index >= 15 is 0 Å². The topological polar surface area (TPSA) is 47.3 Å². The van der Waals surface area contributed by atoms with Gasteiger partial charge in [-0.25, -0.2) is 0 Å². The summed E-state index contributed by atoms with van der Waals surface area (Å²) in [5, 5.41) is 9.20. The summed E-state index contributed by atoms with van der Waals surface area (Å²) in [5.41, 5.74) is 0.